The van der Waals surface area contributed by atoms with Gasteiger partial charge in [-0.15, -0.1) is 0 Å². The minimum atomic E-state index is -0.596. The first-order valence-electron chi connectivity index (χ1n) is 8.68. The number of hydrogen-bond acceptors (Lipinski definition) is 4. The van der Waals surface area contributed by atoms with Crippen LogP contribution in [0.5, 0.6) is 11.5 Å². The Morgan fingerprint density at radius 1 is 1.19 bits per heavy atom. The quantitative estimate of drug-likeness (QED) is 0.530. The van der Waals surface area contributed by atoms with Gasteiger partial charge in [-0.1, -0.05) is 31.5 Å². The summed E-state index contributed by atoms with van der Waals surface area (Å²) in [6, 6.07) is 11.3. The summed E-state index contributed by atoms with van der Waals surface area (Å²) in [7, 11) is 1.58. The average Bonchev–Trinajstić information content (AvgIpc) is 2.67. The second-order valence-corrected chi connectivity index (χ2v) is 6.21. The molecule has 0 radical (unpaired) electrons. The van der Waals surface area contributed by atoms with Gasteiger partial charge in [-0.2, -0.15) is 0 Å². The molecule has 2 rings (SSSR count). The van der Waals surface area contributed by atoms with Gasteiger partial charge in [-0.25, -0.2) is 4.39 Å². The van der Waals surface area contributed by atoms with E-state index in [0.29, 0.717) is 24.7 Å². The SMILES string of the molecule is CCCCOc1ccc(CNC(=S)NC(=O)c2ccccc2F)cc1OC. The Bertz CT molecular complexity index is 799. The molecule has 0 aliphatic heterocycles. The third-order valence-corrected chi connectivity index (χ3v) is 4.03. The molecule has 0 heterocycles. The van der Waals surface area contributed by atoms with Gasteiger partial charge in [0.05, 0.1) is 19.3 Å². The lowest BCUT2D eigenvalue weighted by Gasteiger charge is -2.13. The van der Waals surface area contributed by atoms with E-state index in [4.69, 9.17) is 21.7 Å². The van der Waals surface area contributed by atoms with Gasteiger partial charge in [0.15, 0.2) is 16.6 Å². The second kappa shape index (κ2) is 10.5. The van der Waals surface area contributed by atoms with Crippen molar-refractivity contribution in [3.05, 3.63) is 59.4 Å². The van der Waals surface area contributed by atoms with Gasteiger partial charge in [0, 0.05) is 6.54 Å². The maximum absolute atomic E-state index is 13.6. The zero-order valence-electron chi connectivity index (χ0n) is 15.4. The molecular formula is C20H23FN2O3S. The Kier molecular flexibility index (Phi) is 8.00. The molecule has 1 amide bonds. The van der Waals surface area contributed by atoms with Crippen LogP contribution >= 0.6 is 12.2 Å². The second-order valence-electron chi connectivity index (χ2n) is 5.80. The first-order valence-corrected chi connectivity index (χ1v) is 9.09. The molecule has 2 aromatic carbocycles. The number of carbonyl (C=O) groups is 1. The fraction of sp³-hybridized carbons (Fsp3) is 0.300. The van der Waals surface area contributed by atoms with Gasteiger partial charge >= 0.3 is 0 Å². The summed E-state index contributed by atoms with van der Waals surface area (Å²) in [4.78, 5) is 12.0. The standard InChI is InChI=1S/C20H23FN2O3S/c1-3-4-11-26-17-10-9-14(12-18(17)25-2)13-22-20(27)23-19(24)15-7-5-6-8-16(15)21/h5-10,12H,3-4,11,13H2,1-2H3,(H2,22,23,24,27). The number of unbranched alkanes of at least 4 members (excludes halogenated alkanes) is 1. The van der Waals surface area contributed by atoms with E-state index in [-0.39, 0.29) is 10.7 Å². The number of thiocarbonyl (C=S) groups is 1. The van der Waals surface area contributed by atoms with Crippen molar-refractivity contribution in [2.75, 3.05) is 13.7 Å². The summed E-state index contributed by atoms with van der Waals surface area (Å²) < 4.78 is 24.7. The van der Waals surface area contributed by atoms with E-state index in [1.54, 1.807) is 13.2 Å². The van der Waals surface area contributed by atoms with Crippen LogP contribution < -0.4 is 20.1 Å². The lowest BCUT2D eigenvalue weighted by atomic mass is 10.2. The number of nitrogens with one attached hydrogen (secondary N) is 2. The molecule has 0 saturated carbocycles. The van der Waals surface area contributed by atoms with Crippen LogP contribution in [-0.4, -0.2) is 24.7 Å². The molecule has 0 unspecified atom stereocenters. The van der Waals surface area contributed by atoms with Crippen molar-refractivity contribution < 1.29 is 18.7 Å². The highest BCUT2D eigenvalue weighted by Gasteiger charge is 2.12. The number of amides is 1. The molecule has 0 saturated heterocycles. The predicted octanol–water partition coefficient (Wildman–Crippen LogP) is 3.82. The first kappa shape index (κ1) is 20.6. The minimum Gasteiger partial charge on any atom is -0.493 e. The topological polar surface area (TPSA) is 59.6 Å². The van der Waals surface area contributed by atoms with Gasteiger partial charge < -0.3 is 14.8 Å². The average molecular weight is 390 g/mol. The van der Waals surface area contributed by atoms with Crippen molar-refractivity contribution in [3.8, 4) is 11.5 Å². The summed E-state index contributed by atoms with van der Waals surface area (Å²) in [6.45, 7) is 3.11. The highest BCUT2D eigenvalue weighted by atomic mass is 32.1. The molecular weight excluding hydrogens is 367 g/mol. The van der Waals surface area contributed by atoms with E-state index in [1.165, 1.54) is 18.2 Å². The number of rotatable bonds is 8. The number of halogens is 1. The molecule has 27 heavy (non-hydrogen) atoms. The molecule has 0 fully saturated rings. The molecule has 7 heteroatoms. The maximum Gasteiger partial charge on any atom is 0.260 e. The van der Waals surface area contributed by atoms with Gasteiger partial charge in [0.1, 0.15) is 5.82 Å². The Morgan fingerprint density at radius 2 is 1.96 bits per heavy atom. The third-order valence-electron chi connectivity index (χ3n) is 3.78. The molecule has 0 spiro atoms. The molecule has 5 nitrogen and oxygen atoms in total. The van der Waals surface area contributed by atoms with Gasteiger partial charge in [-0.05, 0) is 48.5 Å². The molecule has 0 atom stereocenters. The number of carbonyl (C=O) groups excluding carboxylic acids is 1. The van der Waals surface area contributed by atoms with Gasteiger partial charge in [0.25, 0.3) is 5.91 Å². The Labute approximate surface area is 163 Å². The highest BCUT2D eigenvalue weighted by Crippen LogP contribution is 2.28. The van der Waals surface area contributed by atoms with Crippen molar-refractivity contribution >= 4 is 23.2 Å². The third kappa shape index (κ3) is 6.21. The van der Waals surface area contributed by atoms with Crippen LogP contribution in [0.15, 0.2) is 42.5 Å². The number of benzene rings is 2. The Hall–Kier alpha value is -2.67. The zero-order chi connectivity index (χ0) is 19.6. The van der Waals surface area contributed by atoms with E-state index in [1.807, 2.05) is 18.2 Å². The first-order chi connectivity index (χ1) is 13.0. The lowest BCUT2D eigenvalue weighted by molar-refractivity contribution is 0.0972. The fourth-order valence-corrected chi connectivity index (χ4v) is 2.47. The fourth-order valence-electron chi connectivity index (χ4n) is 2.31. The number of ether oxygens (including phenoxy) is 2. The summed E-state index contributed by atoms with van der Waals surface area (Å²) in [5, 5.41) is 5.51. The molecule has 0 aliphatic rings. The molecule has 0 aliphatic carbocycles. The van der Waals surface area contributed by atoms with Crippen LogP contribution in [0, 0.1) is 5.82 Å². The van der Waals surface area contributed by atoms with Gasteiger partial charge in [-0.3, -0.25) is 10.1 Å². The number of methoxy groups -OCH3 is 1. The molecule has 0 aromatic heterocycles. The summed E-state index contributed by atoms with van der Waals surface area (Å²) in [6.07, 6.45) is 2.03. The number of hydrogen-bond donors (Lipinski definition) is 2. The molecule has 2 N–H and O–H groups in total. The van der Waals surface area contributed by atoms with E-state index >= 15 is 0 Å². The highest BCUT2D eigenvalue weighted by molar-refractivity contribution is 7.80. The Morgan fingerprint density at radius 3 is 2.67 bits per heavy atom. The van der Waals surface area contributed by atoms with Gasteiger partial charge in [0.2, 0.25) is 0 Å². The van der Waals surface area contributed by atoms with E-state index in [2.05, 4.69) is 17.6 Å². The van der Waals surface area contributed by atoms with Crippen LogP contribution in [0.2, 0.25) is 0 Å². The van der Waals surface area contributed by atoms with Crippen LogP contribution in [0.3, 0.4) is 0 Å². The molecule has 144 valence electrons. The summed E-state index contributed by atoms with van der Waals surface area (Å²) in [5.74, 6) is 0.126. The largest absolute Gasteiger partial charge is 0.493 e. The summed E-state index contributed by atoms with van der Waals surface area (Å²) in [5.41, 5.74) is 0.842. The van der Waals surface area contributed by atoms with Crippen LogP contribution in [0.1, 0.15) is 35.7 Å². The van der Waals surface area contributed by atoms with E-state index in [0.717, 1.165) is 18.4 Å². The van der Waals surface area contributed by atoms with Crippen LogP contribution in [-0.2, 0) is 6.54 Å². The lowest BCUT2D eigenvalue weighted by Crippen LogP contribution is -2.39. The normalized spacial score (nSPS) is 10.2. The van der Waals surface area contributed by atoms with Crippen molar-refractivity contribution in [3.63, 3.8) is 0 Å². The van der Waals surface area contributed by atoms with Crippen molar-refractivity contribution in [2.24, 2.45) is 0 Å². The van der Waals surface area contributed by atoms with Crippen LogP contribution in [0.4, 0.5) is 4.39 Å². The van der Waals surface area contributed by atoms with Crippen molar-refractivity contribution in [1.29, 1.82) is 0 Å². The molecule has 2 aromatic rings. The summed E-state index contributed by atoms with van der Waals surface area (Å²) >= 11 is 5.11. The minimum absolute atomic E-state index is 0.0584. The van der Waals surface area contributed by atoms with Crippen molar-refractivity contribution in [1.82, 2.24) is 10.6 Å². The monoisotopic (exact) mass is 390 g/mol. The zero-order valence-corrected chi connectivity index (χ0v) is 16.2. The van der Waals surface area contributed by atoms with E-state index < -0.39 is 11.7 Å². The maximum atomic E-state index is 13.6. The smallest absolute Gasteiger partial charge is 0.260 e. The van der Waals surface area contributed by atoms with E-state index in [9.17, 15) is 9.18 Å². The van der Waals surface area contributed by atoms with Crippen LogP contribution in [0.25, 0.3) is 0 Å². The molecule has 0 bridgehead atoms. The Balaban J connectivity index is 1.90. The predicted molar refractivity (Wildman–Crippen MR) is 107 cm³/mol. The van der Waals surface area contributed by atoms with Crippen molar-refractivity contribution in [2.45, 2.75) is 26.3 Å².